The van der Waals surface area contributed by atoms with Crippen LogP contribution < -0.4 is 10.2 Å². The first kappa shape index (κ1) is 21.3. The van der Waals surface area contributed by atoms with Crippen LogP contribution in [-0.2, 0) is 6.54 Å². The van der Waals surface area contributed by atoms with E-state index >= 15 is 0 Å². The van der Waals surface area contributed by atoms with Crippen molar-refractivity contribution in [3.8, 4) is 0 Å². The maximum absolute atomic E-state index is 5.88. The molecule has 3 aromatic heterocycles. The summed E-state index contributed by atoms with van der Waals surface area (Å²) in [6.07, 6.45) is 5.59. The molecule has 5 nitrogen and oxygen atoms in total. The van der Waals surface area contributed by atoms with Crippen LogP contribution in [0.25, 0.3) is 0 Å². The van der Waals surface area contributed by atoms with Crippen molar-refractivity contribution < 1.29 is 0 Å². The van der Waals surface area contributed by atoms with Crippen molar-refractivity contribution in [2.24, 2.45) is 0 Å². The zero-order valence-electron chi connectivity index (χ0n) is 19.1. The van der Waals surface area contributed by atoms with Crippen LogP contribution >= 0.6 is 12.2 Å². The molecule has 5 rings (SSSR count). The van der Waals surface area contributed by atoms with Crippen LogP contribution in [0.5, 0.6) is 0 Å². The van der Waals surface area contributed by atoms with Gasteiger partial charge in [0.25, 0.3) is 0 Å². The molecule has 0 amide bonds. The van der Waals surface area contributed by atoms with Crippen LogP contribution in [0.1, 0.15) is 45.9 Å². The molecule has 1 fully saturated rings. The molecule has 33 heavy (non-hydrogen) atoms. The summed E-state index contributed by atoms with van der Waals surface area (Å²) in [4.78, 5) is 11.2. The molecule has 4 aromatic rings. The zero-order chi connectivity index (χ0) is 22.9. The Kier molecular flexibility index (Phi) is 5.68. The summed E-state index contributed by atoms with van der Waals surface area (Å²) < 4.78 is 2.36. The summed E-state index contributed by atoms with van der Waals surface area (Å²) in [6, 6.07) is 20.9. The number of benzene rings is 1. The van der Waals surface area contributed by atoms with Crippen LogP contribution in [0.4, 0.5) is 5.69 Å². The van der Waals surface area contributed by atoms with Gasteiger partial charge in [0, 0.05) is 42.2 Å². The van der Waals surface area contributed by atoms with E-state index in [0.717, 1.165) is 23.0 Å². The molecule has 1 aliphatic rings. The first-order valence-corrected chi connectivity index (χ1v) is 11.6. The molecule has 4 heterocycles. The second kappa shape index (κ2) is 8.79. The summed E-state index contributed by atoms with van der Waals surface area (Å²) in [5, 5.41) is 4.29. The molecule has 1 N–H and O–H groups in total. The number of nitrogens with one attached hydrogen (secondary N) is 1. The van der Waals surface area contributed by atoms with Crippen LogP contribution in [0.2, 0.25) is 0 Å². The quantitative estimate of drug-likeness (QED) is 0.408. The minimum Gasteiger partial charge on any atom is -0.351 e. The largest absolute Gasteiger partial charge is 0.351 e. The van der Waals surface area contributed by atoms with Crippen molar-refractivity contribution in [1.82, 2.24) is 19.9 Å². The van der Waals surface area contributed by atoms with E-state index < -0.39 is 0 Å². The van der Waals surface area contributed by atoms with Crippen molar-refractivity contribution in [3.05, 3.63) is 113 Å². The summed E-state index contributed by atoms with van der Waals surface area (Å²) in [5.74, 6) is 0. The fourth-order valence-electron chi connectivity index (χ4n) is 4.77. The summed E-state index contributed by atoms with van der Waals surface area (Å²) in [5.41, 5.74) is 8.16. The number of hydrogen-bond acceptors (Lipinski definition) is 3. The van der Waals surface area contributed by atoms with Gasteiger partial charge in [-0.1, -0.05) is 24.3 Å². The van der Waals surface area contributed by atoms with E-state index in [1.165, 1.54) is 28.1 Å². The monoisotopic (exact) mass is 453 g/mol. The maximum atomic E-state index is 5.88. The lowest BCUT2D eigenvalue weighted by Crippen LogP contribution is -2.29. The molecule has 0 spiro atoms. The number of nitrogens with zero attached hydrogens (tertiary/aromatic N) is 4. The van der Waals surface area contributed by atoms with E-state index in [2.05, 4.69) is 88.0 Å². The summed E-state index contributed by atoms with van der Waals surface area (Å²) in [7, 11) is 0. The first-order chi connectivity index (χ1) is 16.0. The average molecular weight is 454 g/mol. The molecular weight excluding hydrogens is 426 g/mol. The van der Waals surface area contributed by atoms with Crippen molar-refractivity contribution in [1.29, 1.82) is 0 Å². The Bertz CT molecular complexity index is 1280. The Morgan fingerprint density at radius 3 is 2.58 bits per heavy atom. The fraction of sp³-hybridized carbons (Fsp3) is 0.222. The van der Waals surface area contributed by atoms with E-state index in [1.807, 2.05) is 36.8 Å². The summed E-state index contributed by atoms with van der Waals surface area (Å²) >= 11 is 5.88. The SMILES string of the molecule is Cc1cccc(N2C(=S)N[C@H](c3ccccn3)[C@H]2c2cc(C)n(Cc3cccnc3)c2C)c1. The second-order valence-corrected chi connectivity index (χ2v) is 9.00. The average Bonchev–Trinajstić information content (AvgIpc) is 3.31. The number of anilines is 1. The van der Waals surface area contributed by atoms with Gasteiger partial charge in [0.05, 0.1) is 17.8 Å². The molecule has 1 saturated heterocycles. The molecule has 0 bridgehead atoms. The lowest BCUT2D eigenvalue weighted by atomic mass is 9.96. The molecule has 1 aromatic carbocycles. The highest BCUT2D eigenvalue weighted by molar-refractivity contribution is 7.80. The zero-order valence-corrected chi connectivity index (χ0v) is 19.9. The van der Waals surface area contributed by atoms with Crippen LogP contribution in [0.15, 0.2) is 79.3 Å². The van der Waals surface area contributed by atoms with Crippen LogP contribution in [0, 0.1) is 20.8 Å². The van der Waals surface area contributed by atoms with Crippen LogP contribution in [-0.4, -0.2) is 19.6 Å². The highest BCUT2D eigenvalue weighted by Crippen LogP contribution is 2.43. The lowest BCUT2D eigenvalue weighted by Gasteiger charge is -2.28. The highest BCUT2D eigenvalue weighted by atomic mass is 32.1. The number of pyridine rings is 2. The predicted octanol–water partition coefficient (Wildman–Crippen LogP) is 5.43. The van der Waals surface area contributed by atoms with Gasteiger partial charge in [-0.2, -0.15) is 0 Å². The van der Waals surface area contributed by atoms with Gasteiger partial charge in [-0.3, -0.25) is 9.97 Å². The highest BCUT2D eigenvalue weighted by Gasteiger charge is 2.42. The minimum atomic E-state index is -0.0495. The molecule has 6 heteroatoms. The van der Waals surface area contributed by atoms with Gasteiger partial charge in [0.1, 0.15) is 0 Å². The molecule has 1 aliphatic heterocycles. The van der Waals surface area contributed by atoms with E-state index in [0.29, 0.717) is 0 Å². The van der Waals surface area contributed by atoms with Gasteiger partial charge in [-0.25, -0.2) is 0 Å². The van der Waals surface area contributed by atoms with Crippen molar-refractivity contribution in [2.75, 3.05) is 4.90 Å². The summed E-state index contributed by atoms with van der Waals surface area (Å²) in [6.45, 7) is 7.26. The Morgan fingerprint density at radius 1 is 0.970 bits per heavy atom. The number of hydrogen-bond donors (Lipinski definition) is 1. The fourth-order valence-corrected chi connectivity index (χ4v) is 5.12. The third kappa shape index (κ3) is 4.02. The molecular formula is C27H27N5S. The Hall–Kier alpha value is -3.51. The minimum absolute atomic E-state index is 0.0111. The van der Waals surface area contributed by atoms with Crippen molar-refractivity contribution >= 4 is 23.0 Å². The van der Waals surface area contributed by atoms with Gasteiger partial charge in [0.15, 0.2) is 5.11 Å². The smallest absolute Gasteiger partial charge is 0.174 e. The number of aryl methyl sites for hydroxylation is 2. The van der Waals surface area contributed by atoms with E-state index in [-0.39, 0.29) is 12.1 Å². The second-order valence-electron chi connectivity index (χ2n) is 8.61. The normalized spacial score (nSPS) is 17.9. The van der Waals surface area contributed by atoms with E-state index in [1.54, 1.807) is 0 Å². The van der Waals surface area contributed by atoms with Crippen LogP contribution in [0.3, 0.4) is 0 Å². The van der Waals surface area contributed by atoms with Gasteiger partial charge < -0.3 is 14.8 Å². The molecule has 0 saturated carbocycles. The molecule has 166 valence electrons. The van der Waals surface area contributed by atoms with Gasteiger partial charge in [-0.05, 0) is 86.1 Å². The molecule has 0 aliphatic carbocycles. The van der Waals surface area contributed by atoms with E-state index in [4.69, 9.17) is 12.2 Å². The number of rotatable bonds is 5. The van der Waals surface area contributed by atoms with Gasteiger partial charge in [-0.15, -0.1) is 0 Å². The third-order valence-corrected chi connectivity index (χ3v) is 6.69. The number of aromatic nitrogens is 3. The van der Waals surface area contributed by atoms with Gasteiger partial charge >= 0.3 is 0 Å². The van der Waals surface area contributed by atoms with Crippen molar-refractivity contribution in [3.63, 3.8) is 0 Å². The number of thiocarbonyl (C=S) groups is 1. The Labute approximate surface area is 200 Å². The topological polar surface area (TPSA) is 46.0 Å². The van der Waals surface area contributed by atoms with Gasteiger partial charge in [0.2, 0.25) is 0 Å². The molecule has 0 radical (unpaired) electrons. The van der Waals surface area contributed by atoms with Crippen molar-refractivity contribution in [2.45, 2.75) is 39.4 Å². The lowest BCUT2D eigenvalue weighted by molar-refractivity contribution is 0.563. The predicted molar refractivity (Wildman–Crippen MR) is 136 cm³/mol. The maximum Gasteiger partial charge on any atom is 0.174 e. The Morgan fingerprint density at radius 2 is 1.85 bits per heavy atom. The molecule has 0 unspecified atom stereocenters. The Balaban J connectivity index is 1.63. The van der Waals surface area contributed by atoms with E-state index in [9.17, 15) is 0 Å². The standard InChI is InChI=1S/C27H27N5S/c1-18-8-6-10-22(14-18)32-26(25(30-27(32)33)24-11-4-5-13-29-24)23-15-19(2)31(20(23)3)17-21-9-7-12-28-16-21/h4-16,25-26H,17H2,1-3H3,(H,30,33)/t25-,26-/m1/s1. The third-order valence-electron chi connectivity index (χ3n) is 6.37. The first-order valence-electron chi connectivity index (χ1n) is 11.2. The molecule has 2 atom stereocenters.